The number of benzene rings is 2. The van der Waals surface area contributed by atoms with E-state index in [1.165, 1.54) is 0 Å². The highest BCUT2D eigenvalue weighted by molar-refractivity contribution is 5.96. The fourth-order valence-electron chi connectivity index (χ4n) is 4.41. The number of furan rings is 1. The maximum Gasteiger partial charge on any atom is 0.340 e. The minimum Gasteiger partial charge on any atom is -0.464 e. The van der Waals surface area contributed by atoms with Crippen LogP contribution in [0.15, 0.2) is 62.5 Å². The highest BCUT2D eigenvalue weighted by Crippen LogP contribution is 2.29. The Morgan fingerprint density at radius 3 is 2.75 bits per heavy atom. The minimum atomic E-state index is -0.489. The van der Waals surface area contributed by atoms with Crippen LogP contribution in [0.5, 0.6) is 0 Å². The number of aromatic nitrogens is 1. The van der Waals surface area contributed by atoms with Gasteiger partial charge < -0.3 is 19.1 Å². The first kappa shape index (κ1) is 20.1. The molecule has 2 N–H and O–H groups in total. The van der Waals surface area contributed by atoms with E-state index in [0.29, 0.717) is 23.2 Å². The van der Waals surface area contributed by atoms with Crippen molar-refractivity contribution in [2.75, 3.05) is 0 Å². The van der Waals surface area contributed by atoms with Gasteiger partial charge in [-0.25, -0.2) is 4.79 Å². The number of carbonyl (C=O) groups is 1. The summed E-state index contributed by atoms with van der Waals surface area (Å²) in [5.41, 5.74) is 5.03. The second-order valence-corrected chi connectivity index (χ2v) is 8.47. The van der Waals surface area contributed by atoms with Crippen molar-refractivity contribution in [1.82, 2.24) is 10.3 Å². The van der Waals surface area contributed by atoms with Crippen LogP contribution in [0, 0.1) is 13.8 Å². The quantitative estimate of drug-likeness (QED) is 0.389. The van der Waals surface area contributed by atoms with E-state index in [-0.39, 0.29) is 18.4 Å². The molecule has 1 atom stereocenters. The summed E-state index contributed by atoms with van der Waals surface area (Å²) in [6.07, 6.45) is 4.33. The van der Waals surface area contributed by atoms with Crippen LogP contribution in [0.3, 0.4) is 0 Å². The van der Waals surface area contributed by atoms with Gasteiger partial charge in [-0.3, -0.25) is 4.79 Å². The van der Waals surface area contributed by atoms with Crippen LogP contribution in [0.25, 0.3) is 32.8 Å². The predicted octanol–water partition coefficient (Wildman–Crippen LogP) is 4.93. The summed E-state index contributed by atoms with van der Waals surface area (Å²) in [7, 11) is 0. The van der Waals surface area contributed by atoms with Crippen molar-refractivity contribution in [2.45, 2.75) is 39.7 Å². The molecule has 0 bridgehead atoms. The number of carbonyl (C=O) groups excluding carboxylic acids is 1. The first-order chi connectivity index (χ1) is 15.4. The van der Waals surface area contributed by atoms with Gasteiger partial charge in [0.05, 0.1) is 18.2 Å². The largest absolute Gasteiger partial charge is 0.464 e. The van der Waals surface area contributed by atoms with Crippen LogP contribution in [0.4, 0.5) is 0 Å². The van der Waals surface area contributed by atoms with E-state index < -0.39 is 5.63 Å². The summed E-state index contributed by atoms with van der Waals surface area (Å²) in [6, 6.07) is 11.7. The van der Waals surface area contributed by atoms with Gasteiger partial charge in [-0.1, -0.05) is 18.2 Å². The molecule has 1 amide bonds. The third-order valence-corrected chi connectivity index (χ3v) is 6.12. The monoisotopic (exact) mass is 428 g/mol. The lowest BCUT2D eigenvalue weighted by atomic mass is 10.0. The second-order valence-electron chi connectivity index (χ2n) is 8.47. The van der Waals surface area contributed by atoms with Gasteiger partial charge in [0.15, 0.2) is 0 Å². The van der Waals surface area contributed by atoms with Gasteiger partial charge in [-0.2, -0.15) is 0 Å². The van der Waals surface area contributed by atoms with Crippen molar-refractivity contribution in [2.24, 2.45) is 0 Å². The Morgan fingerprint density at radius 1 is 1.09 bits per heavy atom. The summed E-state index contributed by atoms with van der Waals surface area (Å²) in [4.78, 5) is 28.7. The molecule has 0 saturated carbocycles. The van der Waals surface area contributed by atoms with Gasteiger partial charge in [-0.15, -0.1) is 0 Å². The fraction of sp³-hybridized carbons (Fsp3) is 0.231. The Balaban J connectivity index is 1.37. The summed E-state index contributed by atoms with van der Waals surface area (Å²) in [5, 5.41) is 5.96. The van der Waals surface area contributed by atoms with Crippen LogP contribution in [0.2, 0.25) is 0 Å². The summed E-state index contributed by atoms with van der Waals surface area (Å²) < 4.78 is 11.0. The zero-order valence-corrected chi connectivity index (χ0v) is 18.2. The molecule has 162 valence electrons. The Morgan fingerprint density at radius 2 is 1.91 bits per heavy atom. The molecule has 0 aliphatic heterocycles. The highest BCUT2D eigenvalue weighted by atomic mass is 16.4. The number of hydrogen-bond donors (Lipinski definition) is 2. The van der Waals surface area contributed by atoms with Crippen LogP contribution in [-0.2, 0) is 17.6 Å². The summed E-state index contributed by atoms with van der Waals surface area (Å²) >= 11 is 0. The molecule has 0 saturated heterocycles. The van der Waals surface area contributed by atoms with Crippen molar-refractivity contribution in [3.63, 3.8) is 0 Å². The van der Waals surface area contributed by atoms with E-state index in [4.69, 9.17) is 8.83 Å². The normalized spacial score (nSPS) is 12.6. The molecule has 0 spiro atoms. The van der Waals surface area contributed by atoms with E-state index in [2.05, 4.69) is 16.4 Å². The molecule has 5 rings (SSSR count). The Labute approximate surface area is 184 Å². The number of fused-ring (bicyclic) bond motifs is 3. The molecule has 5 aromatic rings. The average Bonchev–Trinajstić information content (AvgIpc) is 3.33. The van der Waals surface area contributed by atoms with Crippen LogP contribution in [0.1, 0.15) is 29.2 Å². The zero-order valence-electron chi connectivity index (χ0n) is 18.2. The fourth-order valence-corrected chi connectivity index (χ4v) is 4.41. The lowest BCUT2D eigenvalue weighted by molar-refractivity contribution is -0.121. The molecule has 3 aromatic heterocycles. The van der Waals surface area contributed by atoms with Crippen molar-refractivity contribution in [1.29, 1.82) is 0 Å². The van der Waals surface area contributed by atoms with Crippen LogP contribution >= 0.6 is 0 Å². The van der Waals surface area contributed by atoms with Gasteiger partial charge in [0.2, 0.25) is 5.91 Å². The molecule has 0 radical (unpaired) electrons. The number of hydrogen-bond acceptors (Lipinski definition) is 4. The molecular formula is C26H24N2O4. The van der Waals surface area contributed by atoms with Gasteiger partial charge in [0.25, 0.3) is 0 Å². The number of aromatic amines is 1. The molecule has 6 heteroatoms. The van der Waals surface area contributed by atoms with Gasteiger partial charge in [0, 0.05) is 40.0 Å². The lowest BCUT2D eigenvalue weighted by Gasteiger charge is -2.14. The first-order valence-corrected chi connectivity index (χ1v) is 10.7. The number of H-pyrrole nitrogens is 1. The van der Waals surface area contributed by atoms with E-state index in [1.54, 1.807) is 12.3 Å². The van der Waals surface area contributed by atoms with E-state index in [0.717, 1.165) is 38.4 Å². The van der Waals surface area contributed by atoms with Crippen LogP contribution in [-0.4, -0.2) is 16.9 Å². The zero-order chi connectivity index (χ0) is 22.4. The van der Waals surface area contributed by atoms with E-state index >= 15 is 0 Å². The minimum absolute atomic E-state index is 0.0231. The second kappa shape index (κ2) is 7.71. The van der Waals surface area contributed by atoms with Crippen molar-refractivity contribution >= 4 is 38.7 Å². The Hall–Kier alpha value is -3.80. The molecule has 3 heterocycles. The maximum absolute atomic E-state index is 12.8. The SMILES string of the molecule is Cc1coc2cc3oc(=O)c(CC(=O)N[C@H](C)Cc4c[nH]c5ccccc45)c(C)c3cc12. The average molecular weight is 428 g/mol. The number of nitrogens with one attached hydrogen (secondary N) is 2. The third-order valence-electron chi connectivity index (χ3n) is 6.12. The third kappa shape index (κ3) is 3.47. The molecule has 0 aliphatic rings. The predicted molar refractivity (Wildman–Crippen MR) is 125 cm³/mol. The molecule has 0 unspecified atom stereocenters. The van der Waals surface area contributed by atoms with Gasteiger partial charge >= 0.3 is 5.63 Å². The molecule has 6 nitrogen and oxygen atoms in total. The van der Waals surface area contributed by atoms with Crippen molar-refractivity contribution in [3.8, 4) is 0 Å². The lowest BCUT2D eigenvalue weighted by Crippen LogP contribution is -2.36. The summed E-state index contributed by atoms with van der Waals surface area (Å²) in [5.74, 6) is -0.201. The molecule has 0 aliphatic carbocycles. The van der Waals surface area contributed by atoms with Crippen molar-refractivity contribution < 1.29 is 13.6 Å². The van der Waals surface area contributed by atoms with E-state index in [1.807, 2.05) is 51.2 Å². The molecular weight excluding hydrogens is 404 g/mol. The number of rotatable bonds is 5. The Bertz CT molecular complexity index is 1540. The van der Waals surface area contributed by atoms with Gasteiger partial charge in [-0.05, 0) is 56.0 Å². The number of aryl methyl sites for hydroxylation is 2. The maximum atomic E-state index is 12.8. The molecule has 0 fully saturated rings. The van der Waals surface area contributed by atoms with Crippen LogP contribution < -0.4 is 10.9 Å². The highest BCUT2D eigenvalue weighted by Gasteiger charge is 2.18. The first-order valence-electron chi connectivity index (χ1n) is 10.7. The Kier molecular flexibility index (Phi) is 4.85. The number of amides is 1. The molecule has 32 heavy (non-hydrogen) atoms. The topological polar surface area (TPSA) is 88.2 Å². The smallest absolute Gasteiger partial charge is 0.340 e. The summed E-state index contributed by atoms with van der Waals surface area (Å²) in [6.45, 7) is 5.79. The van der Waals surface area contributed by atoms with Gasteiger partial charge in [0.1, 0.15) is 11.2 Å². The van der Waals surface area contributed by atoms with E-state index in [9.17, 15) is 9.59 Å². The van der Waals surface area contributed by atoms with Crippen molar-refractivity contribution in [3.05, 3.63) is 81.5 Å². The standard InChI is InChI=1S/C26H24N2O4/c1-14-13-31-23-11-24-20(9-19(14)23)16(3)21(26(30)32-24)10-25(29)28-15(2)8-17-12-27-22-7-5-4-6-18(17)22/h4-7,9,11-13,15,27H,8,10H2,1-3H3,(H,28,29)/t15-/m1/s1. The number of para-hydroxylation sites is 1. The molecule has 2 aromatic carbocycles.